The van der Waals surface area contributed by atoms with Gasteiger partial charge in [0.1, 0.15) is 11.5 Å². The van der Waals surface area contributed by atoms with Crippen LogP contribution in [0.25, 0.3) is 0 Å². The summed E-state index contributed by atoms with van der Waals surface area (Å²) in [4.78, 5) is 22.4. The molecule has 0 aromatic heterocycles. The molecule has 0 aliphatic rings. The summed E-state index contributed by atoms with van der Waals surface area (Å²) in [5.74, 6) is 0.538. The van der Waals surface area contributed by atoms with E-state index in [4.69, 9.17) is 9.47 Å². The van der Waals surface area contributed by atoms with Crippen LogP contribution in [-0.2, 0) is 4.79 Å². The fourth-order valence-corrected chi connectivity index (χ4v) is 1.61. The molecule has 20 heavy (non-hydrogen) atoms. The number of benzene rings is 2. The molecule has 0 fully saturated rings. The average Bonchev–Trinajstić information content (AvgIpc) is 2.49. The normalized spacial score (nSPS) is 9.80. The van der Waals surface area contributed by atoms with E-state index in [0.29, 0.717) is 17.6 Å². The third-order valence-electron chi connectivity index (χ3n) is 2.59. The highest BCUT2D eigenvalue weighted by molar-refractivity contribution is 5.82. The summed E-state index contributed by atoms with van der Waals surface area (Å²) in [5, 5.41) is 0. The molecule has 2 aromatic rings. The second kappa shape index (κ2) is 7.09. The zero-order valence-electron chi connectivity index (χ0n) is 10.8. The number of carbonyl (C=O) groups excluding carboxylic acids is 2. The summed E-state index contributed by atoms with van der Waals surface area (Å²) in [6.45, 7) is 0.228. The van der Waals surface area contributed by atoms with Crippen LogP contribution >= 0.6 is 0 Å². The third-order valence-corrected chi connectivity index (χ3v) is 2.59. The lowest BCUT2D eigenvalue weighted by Gasteiger charge is -2.07. The van der Waals surface area contributed by atoms with Crippen LogP contribution in [0.15, 0.2) is 54.6 Å². The molecule has 2 aromatic carbocycles. The fraction of sp³-hybridized carbons (Fsp3) is 0.125. The summed E-state index contributed by atoms with van der Waals surface area (Å²) < 4.78 is 10.5. The van der Waals surface area contributed by atoms with E-state index in [1.54, 1.807) is 24.3 Å². The maximum atomic E-state index is 11.7. The Bertz CT molecular complexity index is 578. The van der Waals surface area contributed by atoms with E-state index in [-0.39, 0.29) is 18.8 Å². The first-order chi connectivity index (χ1) is 9.79. The van der Waals surface area contributed by atoms with Crippen molar-refractivity contribution in [2.24, 2.45) is 0 Å². The number of ether oxygens (including phenoxy) is 2. The second-order valence-corrected chi connectivity index (χ2v) is 4.04. The van der Waals surface area contributed by atoms with E-state index in [2.05, 4.69) is 0 Å². The molecule has 0 spiro atoms. The van der Waals surface area contributed by atoms with Gasteiger partial charge in [-0.3, -0.25) is 9.59 Å². The smallest absolute Gasteiger partial charge is 0.314 e. The van der Waals surface area contributed by atoms with Crippen LogP contribution in [0.4, 0.5) is 0 Å². The number of para-hydroxylation sites is 2. The van der Waals surface area contributed by atoms with Crippen molar-refractivity contribution in [1.82, 2.24) is 0 Å². The topological polar surface area (TPSA) is 52.6 Å². The molecule has 2 rings (SSSR count). The van der Waals surface area contributed by atoms with Gasteiger partial charge in [-0.1, -0.05) is 30.3 Å². The molecular formula is C16H14O4. The van der Waals surface area contributed by atoms with Crippen molar-refractivity contribution in [3.8, 4) is 11.5 Å². The van der Waals surface area contributed by atoms with Gasteiger partial charge in [-0.2, -0.15) is 0 Å². The second-order valence-electron chi connectivity index (χ2n) is 4.04. The van der Waals surface area contributed by atoms with Gasteiger partial charge in [0.25, 0.3) is 0 Å². The number of hydrogen-bond acceptors (Lipinski definition) is 4. The van der Waals surface area contributed by atoms with Crippen molar-refractivity contribution in [3.63, 3.8) is 0 Å². The number of esters is 1. The summed E-state index contributed by atoms with van der Waals surface area (Å²) >= 11 is 0. The minimum absolute atomic E-state index is 0.113. The van der Waals surface area contributed by atoms with Crippen LogP contribution in [0.2, 0.25) is 0 Å². The van der Waals surface area contributed by atoms with Gasteiger partial charge < -0.3 is 9.47 Å². The summed E-state index contributed by atoms with van der Waals surface area (Å²) in [6, 6.07) is 15.8. The zero-order valence-corrected chi connectivity index (χ0v) is 10.8. The lowest BCUT2D eigenvalue weighted by atomic mass is 10.2. The van der Waals surface area contributed by atoms with Gasteiger partial charge in [0.15, 0.2) is 6.29 Å². The standard InChI is InChI=1S/C16H14O4/c17-12-13-6-4-5-9-15(13)20-16(18)10-11-19-14-7-2-1-3-8-14/h1-9,12H,10-11H2. The van der Waals surface area contributed by atoms with E-state index in [0.717, 1.165) is 0 Å². The number of aldehydes is 1. The van der Waals surface area contributed by atoms with Gasteiger partial charge in [-0.15, -0.1) is 0 Å². The first-order valence-electron chi connectivity index (χ1n) is 6.22. The molecule has 0 heterocycles. The van der Waals surface area contributed by atoms with Crippen LogP contribution in [0, 0.1) is 0 Å². The molecule has 0 amide bonds. The molecule has 0 atom stereocenters. The molecule has 4 nitrogen and oxygen atoms in total. The maximum absolute atomic E-state index is 11.7. The van der Waals surface area contributed by atoms with E-state index in [9.17, 15) is 9.59 Å². The number of hydrogen-bond donors (Lipinski definition) is 0. The minimum atomic E-state index is -0.435. The lowest BCUT2D eigenvalue weighted by Crippen LogP contribution is -2.13. The zero-order chi connectivity index (χ0) is 14.2. The molecule has 0 bridgehead atoms. The molecule has 0 radical (unpaired) electrons. The van der Waals surface area contributed by atoms with Crippen LogP contribution < -0.4 is 9.47 Å². The van der Waals surface area contributed by atoms with Crippen molar-refractivity contribution in [3.05, 3.63) is 60.2 Å². The van der Waals surface area contributed by atoms with Crippen LogP contribution in [0.5, 0.6) is 11.5 Å². The van der Waals surface area contributed by atoms with E-state index < -0.39 is 5.97 Å². The Morgan fingerprint density at radius 3 is 2.45 bits per heavy atom. The molecule has 0 aliphatic heterocycles. The summed E-state index contributed by atoms with van der Waals surface area (Å²) in [6.07, 6.45) is 0.769. The average molecular weight is 270 g/mol. The fourth-order valence-electron chi connectivity index (χ4n) is 1.61. The molecule has 0 saturated carbocycles. The Labute approximate surface area is 116 Å². The molecule has 102 valence electrons. The first-order valence-corrected chi connectivity index (χ1v) is 6.22. The van der Waals surface area contributed by atoms with Crippen molar-refractivity contribution in [2.75, 3.05) is 6.61 Å². The molecule has 0 aliphatic carbocycles. The predicted octanol–water partition coefficient (Wildman–Crippen LogP) is 2.87. The summed E-state index contributed by atoms with van der Waals surface area (Å²) in [7, 11) is 0. The van der Waals surface area contributed by atoms with Crippen molar-refractivity contribution < 1.29 is 19.1 Å². The SMILES string of the molecule is O=Cc1ccccc1OC(=O)CCOc1ccccc1. The predicted molar refractivity (Wildman–Crippen MR) is 74.0 cm³/mol. The Morgan fingerprint density at radius 1 is 1.00 bits per heavy atom. The van der Waals surface area contributed by atoms with Crippen molar-refractivity contribution in [1.29, 1.82) is 0 Å². The molecule has 0 saturated heterocycles. The Balaban J connectivity index is 1.82. The van der Waals surface area contributed by atoms with Crippen molar-refractivity contribution >= 4 is 12.3 Å². The molecule has 4 heteroatoms. The van der Waals surface area contributed by atoms with Gasteiger partial charge in [0.05, 0.1) is 18.6 Å². The van der Waals surface area contributed by atoms with Gasteiger partial charge in [0.2, 0.25) is 0 Å². The first kappa shape index (κ1) is 13.8. The number of carbonyl (C=O) groups is 2. The highest BCUT2D eigenvalue weighted by Crippen LogP contribution is 2.16. The van der Waals surface area contributed by atoms with Crippen LogP contribution in [-0.4, -0.2) is 18.9 Å². The maximum Gasteiger partial charge on any atom is 0.314 e. The minimum Gasteiger partial charge on any atom is -0.493 e. The Hall–Kier alpha value is -2.62. The molecule has 0 N–H and O–H groups in total. The molecule has 0 unspecified atom stereocenters. The van der Waals surface area contributed by atoms with Gasteiger partial charge in [-0.05, 0) is 24.3 Å². The van der Waals surface area contributed by atoms with E-state index >= 15 is 0 Å². The van der Waals surface area contributed by atoms with Gasteiger partial charge >= 0.3 is 5.97 Å². The Morgan fingerprint density at radius 2 is 1.70 bits per heavy atom. The number of rotatable bonds is 6. The highest BCUT2D eigenvalue weighted by atomic mass is 16.5. The van der Waals surface area contributed by atoms with Gasteiger partial charge in [-0.25, -0.2) is 0 Å². The van der Waals surface area contributed by atoms with Crippen LogP contribution in [0.1, 0.15) is 16.8 Å². The quantitative estimate of drug-likeness (QED) is 0.460. The Kier molecular flexibility index (Phi) is 4.89. The summed E-state index contributed by atoms with van der Waals surface area (Å²) in [5.41, 5.74) is 0.352. The molecular weight excluding hydrogens is 256 g/mol. The highest BCUT2D eigenvalue weighted by Gasteiger charge is 2.08. The lowest BCUT2D eigenvalue weighted by molar-refractivity contribution is -0.134. The van der Waals surface area contributed by atoms with E-state index in [1.807, 2.05) is 30.3 Å². The van der Waals surface area contributed by atoms with E-state index in [1.165, 1.54) is 0 Å². The van der Waals surface area contributed by atoms with Gasteiger partial charge in [0, 0.05) is 0 Å². The largest absolute Gasteiger partial charge is 0.493 e. The van der Waals surface area contributed by atoms with Crippen LogP contribution in [0.3, 0.4) is 0 Å². The third kappa shape index (κ3) is 3.95. The monoisotopic (exact) mass is 270 g/mol. The van der Waals surface area contributed by atoms with Crippen molar-refractivity contribution in [2.45, 2.75) is 6.42 Å².